The molecule has 0 unspecified atom stereocenters. The van der Waals surface area contributed by atoms with Crippen LogP contribution in [0.1, 0.15) is 21.8 Å². The summed E-state index contributed by atoms with van der Waals surface area (Å²) in [6, 6.07) is 17.9. The van der Waals surface area contributed by atoms with Gasteiger partial charge in [-0.25, -0.2) is 4.68 Å². The van der Waals surface area contributed by atoms with Crippen LogP contribution in [0.3, 0.4) is 0 Å². The van der Waals surface area contributed by atoms with E-state index in [1.54, 1.807) is 30.3 Å². The molecule has 0 bridgehead atoms. The molecular formula is C23H18Cl3N3O2. The average molecular weight is 475 g/mol. The summed E-state index contributed by atoms with van der Waals surface area (Å²) in [7, 11) is 0. The molecule has 158 valence electrons. The number of amides is 1. The van der Waals surface area contributed by atoms with Gasteiger partial charge in [-0.1, -0.05) is 53.0 Å². The third-order valence-corrected chi connectivity index (χ3v) is 5.62. The lowest BCUT2D eigenvalue weighted by Crippen LogP contribution is -2.28. The van der Waals surface area contributed by atoms with E-state index >= 15 is 0 Å². The first-order valence-corrected chi connectivity index (χ1v) is 10.7. The van der Waals surface area contributed by atoms with E-state index in [9.17, 15) is 4.79 Å². The van der Waals surface area contributed by atoms with E-state index in [1.807, 2.05) is 37.3 Å². The van der Waals surface area contributed by atoms with Crippen LogP contribution in [0.4, 0.5) is 0 Å². The molecule has 8 heteroatoms. The quantitative estimate of drug-likeness (QED) is 0.353. The summed E-state index contributed by atoms with van der Waals surface area (Å²) in [6.07, 6.45) is 0.562. The Morgan fingerprint density at radius 2 is 1.84 bits per heavy atom. The van der Waals surface area contributed by atoms with Crippen LogP contribution in [0.15, 0.2) is 65.1 Å². The summed E-state index contributed by atoms with van der Waals surface area (Å²) in [5.41, 5.74) is 2.39. The third-order valence-electron chi connectivity index (χ3n) is 4.71. The Morgan fingerprint density at radius 3 is 2.55 bits per heavy atom. The highest BCUT2D eigenvalue weighted by Gasteiger charge is 2.20. The largest absolute Gasteiger partial charge is 0.460 e. The number of nitrogens with zero attached hydrogens (tertiary/aromatic N) is 2. The first-order chi connectivity index (χ1) is 14.9. The minimum absolute atomic E-state index is 0.285. The smallest absolute Gasteiger partial charge is 0.270 e. The van der Waals surface area contributed by atoms with Gasteiger partial charge in [-0.15, -0.1) is 0 Å². The van der Waals surface area contributed by atoms with Crippen LogP contribution >= 0.6 is 34.8 Å². The maximum atomic E-state index is 13.0. The second kappa shape index (κ2) is 9.18. The van der Waals surface area contributed by atoms with Crippen LogP contribution in [0.2, 0.25) is 15.1 Å². The SMILES string of the molecule is Cc1ccc(-c2cc(C(=O)NCCc3ccc(Cl)cc3Cl)n(-c3ccccc3Cl)n2)o1. The summed E-state index contributed by atoms with van der Waals surface area (Å²) >= 11 is 18.5. The lowest BCUT2D eigenvalue weighted by Gasteiger charge is -2.10. The van der Waals surface area contributed by atoms with Crippen molar-refractivity contribution in [3.05, 3.63) is 92.7 Å². The van der Waals surface area contributed by atoms with Gasteiger partial charge in [0.25, 0.3) is 5.91 Å². The summed E-state index contributed by atoms with van der Waals surface area (Å²) < 4.78 is 7.21. The number of benzene rings is 2. The number of aryl methyl sites for hydroxylation is 1. The molecule has 0 atom stereocenters. The molecule has 2 aromatic heterocycles. The van der Waals surface area contributed by atoms with E-state index in [0.29, 0.717) is 50.9 Å². The number of carbonyl (C=O) groups excluding carboxylic acids is 1. The van der Waals surface area contributed by atoms with Gasteiger partial charge in [-0.2, -0.15) is 5.10 Å². The minimum Gasteiger partial charge on any atom is -0.460 e. The van der Waals surface area contributed by atoms with E-state index in [4.69, 9.17) is 39.2 Å². The van der Waals surface area contributed by atoms with Gasteiger partial charge < -0.3 is 9.73 Å². The maximum absolute atomic E-state index is 13.0. The molecule has 0 aliphatic heterocycles. The Labute approximate surface area is 194 Å². The highest BCUT2D eigenvalue weighted by Crippen LogP contribution is 2.27. The minimum atomic E-state index is -0.285. The van der Waals surface area contributed by atoms with Crippen molar-refractivity contribution in [2.24, 2.45) is 0 Å². The van der Waals surface area contributed by atoms with Crippen molar-refractivity contribution in [1.82, 2.24) is 15.1 Å². The van der Waals surface area contributed by atoms with Gasteiger partial charge in [0.1, 0.15) is 17.1 Å². The Morgan fingerprint density at radius 1 is 1.03 bits per heavy atom. The fourth-order valence-electron chi connectivity index (χ4n) is 3.17. The van der Waals surface area contributed by atoms with Crippen molar-refractivity contribution in [1.29, 1.82) is 0 Å². The number of hydrogen-bond acceptors (Lipinski definition) is 3. The average Bonchev–Trinajstić information content (AvgIpc) is 3.36. The summed E-state index contributed by atoms with van der Waals surface area (Å²) in [4.78, 5) is 13.0. The molecule has 0 aliphatic carbocycles. The highest BCUT2D eigenvalue weighted by atomic mass is 35.5. The van der Waals surface area contributed by atoms with Crippen LogP contribution in [0.5, 0.6) is 0 Å². The van der Waals surface area contributed by atoms with Gasteiger partial charge in [0.05, 0.1) is 10.7 Å². The molecule has 2 heterocycles. The van der Waals surface area contributed by atoms with Gasteiger partial charge in [0.2, 0.25) is 0 Å². The van der Waals surface area contributed by atoms with E-state index in [2.05, 4.69) is 10.4 Å². The zero-order valence-corrected chi connectivity index (χ0v) is 18.8. The molecule has 1 amide bonds. The number of nitrogens with one attached hydrogen (secondary N) is 1. The normalized spacial score (nSPS) is 11.0. The van der Waals surface area contributed by atoms with Crippen LogP contribution in [0.25, 0.3) is 17.1 Å². The second-order valence-corrected chi connectivity index (χ2v) is 8.18. The van der Waals surface area contributed by atoms with Crippen molar-refractivity contribution >= 4 is 40.7 Å². The van der Waals surface area contributed by atoms with Crippen LogP contribution in [-0.4, -0.2) is 22.2 Å². The second-order valence-electron chi connectivity index (χ2n) is 6.93. The lowest BCUT2D eigenvalue weighted by atomic mass is 10.1. The molecule has 1 N–H and O–H groups in total. The Hall–Kier alpha value is -2.73. The molecule has 4 rings (SSSR count). The fourth-order valence-corrected chi connectivity index (χ4v) is 3.89. The van der Waals surface area contributed by atoms with Crippen molar-refractivity contribution in [2.45, 2.75) is 13.3 Å². The Balaban J connectivity index is 1.60. The van der Waals surface area contributed by atoms with E-state index in [0.717, 1.165) is 11.3 Å². The first-order valence-electron chi connectivity index (χ1n) is 9.56. The number of aromatic nitrogens is 2. The summed E-state index contributed by atoms with van der Waals surface area (Å²) in [6.45, 7) is 2.24. The monoisotopic (exact) mass is 473 g/mol. The molecular weight excluding hydrogens is 457 g/mol. The van der Waals surface area contributed by atoms with Gasteiger partial charge in [-0.05, 0) is 55.3 Å². The molecule has 4 aromatic rings. The van der Waals surface area contributed by atoms with Crippen LogP contribution in [0, 0.1) is 6.92 Å². The fraction of sp³-hybridized carbons (Fsp3) is 0.130. The van der Waals surface area contributed by atoms with Gasteiger partial charge in [-0.3, -0.25) is 4.79 Å². The molecule has 5 nitrogen and oxygen atoms in total. The van der Waals surface area contributed by atoms with Crippen molar-refractivity contribution in [3.63, 3.8) is 0 Å². The molecule has 0 aliphatic rings. The molecule has 31 heavy (non-hydrogen) atoms. The van der Waals surface area contributed by atoms with E-state index in [-0.39, 0.29) is 5.91 Å². The molecule has 0 fully saturated rings. The molecule has 0 radical (unpaired) electrons. The van der Waals surface area contributed by atoms with Gasteiger partial charge >= 0.3 is 0 Å². The van der Waals surface area contributed by atoms with Crippen LogP contribution < -0.4 is 5.32 Å². The number of hydrogen-bond donors (Lipinski definition) is 1. The molecule has 0 saturated heterocycles. The molecule has 0 saturated carbocycles. The molecule has 0 spiro atoms. The molecule has 2 aromatic carbocycles. The number of furan rings is 1. The summed E-state index contributed by atoms with van der Waals surface area (Å²) in [5.74, 6) is 1.05. The number of rotatable bonds is 6. The topological polar surface area (TPSA) is 60.1 Å². The zero-order chi connectivity index (χ0) is 22.0. The van der Waals surface area contributed by atoms with Gasteiger partial charge in [0, 0.05) is 22.7 Å². The van der Waals surface area contributed by atoms with Crippen LogP contribution in [-0.2, 0) is 6.42 Å². The number of carbonyl (C=O) groups is 1. The zero-order valence-electron chi connectivity index (χ0n) is 16.5. The van der Waals surface area contributed by atoms with Crippen molar-refractivity contribution in [3.8, 4) is 17.1 Å². The summed E-state index contributed by atoms with van der Waals surface area (Å²) in [5, 5.41) is 9.12. The predicted octanol–water partition coefficient (Wildman–Crippen LogP) is 6.37. The van der Waals surface area contributed by atoms with E-state index in [1.165, 1.54) is 4.68 Å². The maximum Gasteiger partial charge on any atom is 0.270 e. The highest BCUT2D eigenvalue weighted by molar-refractivity contribution is 6.35. The van der Waals surface area contributed by atoms with Crippen molar-refractivity contribution < 1.29 is 9.21 Å². The number of para-hydroxylation sites is 1. The standard InChI is InChI=1S/C23H18Cl3N3O2/c1-14-6-9-22(31-14)19-13-21(29(28-19)20-5-3-2-4-17(20)25)23(30)27-11-10-15-7-8-16(24)12-18(15)26/h2-9,12-13H,10-11H2,1H3,(H,27,30). The van der Waals surface area contributed by atoms with Crippen molar-refractivity contribution in [2.75, 3.05) is 6.54 Å². The Bertz CT molecular complexity index is 1250. The Kier molecular flexibility index (Phi) is 6.37. The lowest BCUT2D eigenvalue weighted by molar-refractivity contribution is 0.0946. The third kappa shape index (κ3) is 4.79. The van der Waals surface area contributed by atoms with E-state index < -0.39 is 0 Å². The predicted molar refractivity (Wildman–Crippen MR) is 124 cm³/mol. The number of halogens is 3. The first kappa shape index (κ1) is 21.5. The van der Waals surface area contributed by atoms with Gasteiger partial charge in [0.15, 0.2) is 5.76 Å².